The number of carboxylic acids is 1. The number of aryl methyl sites for hydroxylation is 1. The number of halogens is 2. The summed E-state index contributed by atoms with van der Waals surface area (Å²) in [6.07, 6.45) is 1.51. The van der Waals surface area contributed by atoms with Gasteiger partial charge >= 0.3 is 5.97 Å². The maximum atomic E-state index is 14.1. The number of aromatic nitrogens is 2. The molecule has 0 aliphatic carbocycles. The van der Waals surface area contributed by atoms with Crippen LogP contribution in [0, 0.1) is 19.7 Å². The molecule has 2 aromatic rings. The molecule has 0 spiro atoms. The molecule has 0 saturated carbocycles. The van der Waals surface area contributed by atoms with E-state index < -0.39 is 11.8 Å². The molecule has 0 radical (unpaired) electrons. The second-order valence-electron chi connectivity index (χ2n) is 3.85. The molecule has 4 nitrogen and oxygen atoms in total. The van der Waals surface area contributed by atoms with Crippen LogP contribution < -0.4 is 0 Å². The van der Waals surface area contributed by atoms with E-state index in [4.69, 9.17) is 5.11 Å². The minimum Gasteiger partial charge on any atom is -0.478 e. The molecule has 1 N–H and O–H groups in total. The van der Waals surface area contributed by atoms with Crippen molar-refractivity contribution in [3.63, 3.8) is 0 Å². The number of rotatable bonds is 2. The van der Waals surface area contributed by atoms with Crippen molar-refractivity contribution in [2.45, 2.75) is 13.8 Å². The highest BCUT2D eigenvalue weighted by molar-refractivity contribution is 9.10. The van der Waals surface area contributed by atoms with Crippen molar-refractivity contribution in [2.24, 2.45) is 0 Å². The lowest BCUT2D eigenvalue weighted by atomic mass is 10.2. The van der Waals surface area contributed by atoms with Gasteiger partial charge in [0.1, 0.15) is 0 Å². The van der Waals surface area contributed by atoms with Crippen LogP contribution in [0.1, 0.15) is 21.7 Å². The molecule has 0 bridgehead atoms. The van der Waals surface area contributed by atoms with E-state index in [1.807, 2.05) is 13.8 Å². The van der Waals surface area contributed by atoms with Crippen LogP contribution in [0.5, 0.6) is 0 Å². The van der Waals surface area contributed by atoms with Crippen molar-refractivity contribution in [1.82, 2.24) is 9.55 Å². The van der Waals surface area contributed by atoms with E-state index in [2.05, 4.69) is 20.9 Å². The zero-order chi connectivity index (χ0) is 13.4. The van der Waals surface area contributed by atoms with Crippen molar-refractivity contribution in [3.05, 3.63) is 45.7 Å². The quantitative estimate of drug-likeness (QED) is 0.927. The highest BCUT2D eigenvalue weighted by atomic mass is 79.9. The van der Waals surface area contributed by atoms with Gasteiger partial charge in [-0.1, -0.05) is 0 Å². The lowest BCUT2D eigenvalue weighted by molar-refractivity contribution is 0.0695. The second-order valence-corrected chi connectivity index (χ2v) is 4.64. The largest absolute Gasteiger partial charge is 0.478 e. The standard InChI is InChI=1S/C12H10BrFN2O2/c1-6-7(2)16(5-15-6)9-4-3-8(12(17)18)10(13)11(9)14/h3-5H,1-2H3,(H,17,18). The number of imidazole rings is 1. The Morgan fingerprint density at radius 1 is 1.44 bits per heavy atom. The van der Waals surface area contributed by atoms with E-state index in [0.717, 1.165) is 11.4 Å². The molecule has 1 heterocycles. The summed E-state index contributed by atoms with van der Waals surface area (Å²) < 4.78 is 15.7. The molecular weight excluding hydrogens is 303 g/mol. The first-order valence-corrected chi connectivity index (χ1v) is 5.95. The van der Waals surface area contributed by atoms with Crippen LogP contribution >= 0.6 is 15.9 Å². The zero-order valence-electron chi connectivity index (χ0n) is 9.74. The van der Waals surface area contributed by atoms with Gasteiger partial charge in [0.15, 0.2) is 5.82 Å². The average Bonchev–Trinajstić information content (AvgIpc) is 2.63. The van der Waals surface area contributed by atoms with E-state index in [1.54, 1.807) is 4.57 Å². The van der Waals surface area contributed by atoms with Gasteiger partial charge in [-0.3, -0.25) is 0 Å². The summed E-state index contributed by atoms with van der Waals surface area (Å²) in [4.78, 5) is 15.0. The lowest BCUT2D eigenvalue weighted by Gasteiger charge is -2.09. The molecule has 0 amide bonds. The molecule has 94 valence electrons. The average molecular weight is 313 g/mol. The van der Waals surface area contributed by atoms with Crippen molar-refractivity contribution in [1.29, 1.82) is 0 Å². The molecule has 0 saturated heterocycles. The molecule has 0 atom stereocenters. The number of carbonyl (C=O) groups is 1. The molecule has 0 unspecified atom stereocenters. The Labute approximate surface area is 111 Å². The Kier molecular flexibility index (Phi) is 3.21. The van der Waals surface area contributed by atoms with Crippen LogP contribution in [0.15, 0.2) is 22.9 Å². The van der Waals surface area contributed by atoms with E-state index >= 15 is 0 Å². The lowest BCUT2D eigenvalue weighted by Crippen LogP contribution is -2.04. The summed E-state index contributed by atoms with van der Waals surface area (Å²) >= 11 is 2.97. The van der Waals surface area contributed by atoms with Gasteiger partial charge in [-0.2, -0.15) is 0 Å². The van der Waals surface area contributed by atoms with E-state index in [1.165, 1.54) is 18.5 Å². The minimum atomic E-state index is -1.18. The Hall–Kier alpha value is -1.69. The third-order valence-electron chi connectivity index (χ3n) is 2.80. The van der Waals surface area contributed by atoms with Crippen molar-refractivity contribution < 1.29 is 14.3 Å². The zero-order valence-corrected chi connectivity index (χ0v) is 11.3. The van der Waals surface area contributed by atoms with Crippen LogP contribution in [0.25, 0.3) is 5.69 Å². The number of hydrogen-bond donors (Lipinski definition) is 1. The summed E-state index contributed by atoms with van der Waals surface area (Å²) in [6.45, 7) is 3.64. The molecule has 0 aliphatic heterocycles. The molecule has 6 heteroatoms. The van der Waals surface area contributed by atoms with Crippen LogP contribution in [0.3, 0.4) is 0 Å². The van der Waals surface area contributed by atoms with Crippen LogP contribution in [0.4, 0.5) is 4.39 Å². The molecule has 1 aromatic carbocycles. The predicted molar refractivity (Wildman–Crippen MR) is 67.7 cm³/mol. The highest BCUT2D eigenvalue weighted by Crippen LogP contribution is 2.27. The van der Waals surface area contributed by atoms with Gasteiger partial charge in [0.2, 0.25) is 0 Å². The first-order chi connectivity index (χ1) is 8.43. The number of carboxylic acid groups (broad SMARTS) is 1. The minimum absolute atomic E-state index is 0.0572. The second kappa shape index (κ2) is 4.53. The number of hydrogen-bond acceptors (Lipinski definition) is 2. The first-order valence-electron chi connectivity index (χ1n) is 5.15. The molecule has 0 aliphatic rings. The van der Waals surface area contributed by atoms with E-state index in [0.29, 0.717) is 0 Å². The Balaban J connectivity index is 2.64. The summed E-state index contributed by atoms with van der Waals surface area (Å²) in [5.41, 5.74) is 1.77. The molecular formula is C12H10BrFN2O2. The topological polar surface area (TPSA) is 55.1 Å². The summed E-state index contributed by atoms with van der Waals surface area (Å²) in [5, 5.41) is 8.89. The van der Waals surface area contributed by atoms with Crippen LogP contribution in [0.2, 0.25) is 0 Å². The summed E-state index contributed by atoms with van der Waals surface area (Å²) in [5.74, 6) is -1.79. The normalized spacial score (nSPS) is 10.7. The number of aromatic carboxylic acids is 1. The van der Waals surface area contributed by atoms with Gasteiger partial charge in [-0.15, -0.1) is 0 Å². The summed E-state index contributed by atoms with van der Waals surface area (Å²) in [6, 6.07) is 2.79. The van der Waals surface area contributed by atoms with Crippen molar-refractivity contribution in [3.8, 4) is 5.69 Å². The number of nitrogens with zero attached hydrogens (tertiary/aromatic N) is 2. The van der Waals surface area contributed by atoms with Crippen molar-refractivity contribution >= 4 is 21.9 Å². The third kappa shape index (κ3) is 1.92. The van der Waals surface area contributed by atoms with Crippen molar-refractivity contribution in [2.75, 3.05) is 0 Å². The number of benzene rings is 1. The third-order valence-corrected chi connectivity index (χ3v) is 3.58. The van der Waals surface area contributed by atoms with E-state index in [9.17, 15) is 9.18 Å². The maximum Gasteiger partial charge on any atom is 0.336 e. The van der Waals surface area contributed by atoms with E-state index in [-0.39, 0.29) is 15.7 Å². The Morgan fingerprint density at radius 2 is 2.11 bits per heavy atom. The predicted octanol–water partition coefficient (Wildman–Crippen LogP) is 3.09. The van der Waals surface area contributed by atoms with Crippen LogP contribution in [-0.4, -0.2) is 20.6 Å². The van der Waals surface area contributed by atoms with Gasteiger partial charge in [-0.25, -0.2) is 14.2 Å². The fourth-order valence-corrected chi connectivity index (χ4v) is 2.14. The maximum absolute atomic E-state index is 14.1. The first kappa shape index (κ1) is 12.8. The fourth-order valence-electron chi connectivity index (χ4n) is 1.63. The van der Waals surface area contributed by atoms with Gasteiger partial charge < -0.3 is 9.67 Å². The van der Waals surface area contributed by atoms with Gasteiger partial charge in [0.05, 0.1) is 27.7 Å². The Morgan fingerprint density at radius 3 is 2.61 bits per heavy atom. The Bertz CT molecular complexity index is 637. The molecule has 0 fully saturated rings. The SMILES string of the molecule is Cc1ncn(-c2ccc(C(=O)O)c(Br)c2F)c1C. The molecule has 2 rings (SSSR count). The highest BCUT2D eigenvalue weighted by Gasteiger charge is 2.17. The molecule has 1 aromatic heterocycles. The van der Waals surface area contributed by atoms with Gasteiger partial charge in [0, 0.05) is 5.69 Å². The molecule has 18 heavy (non-hydrogen) atoms. The fraction of sp³-hybridized carbons (Fsp3) is 0.167. The van der Waals surface area contributed by atoms with Crippen LogP contribution in [-0.2, 0) is 0 Å². The van der Waals surface area contributed by atoms with Gasteiger partial charge in [0.25, 0.3) is 0 Å². The summed E-state index contributed by atoms with van der Waals surface area (Å²) in [7, 11) is 0. The smallest absolute Gasteiger partial charge is 0.336 e. The monoisotopic (exact) mass is 312 g/mol. The van der Waals surface area contributed by atoms with Gasteiger partial charge in [-0.05, 0) is 41.9 Å².